The molecule has 10 nitrogen and oxygen atoms in total. The molecule has 0 aromatic heterocycles. The van der Waals surface area contributed by atoms with Gasteiger partial charge in [0.15, 0.2) is 0 Å². The topological polar surface area (TPSA) is 148 Å². The van der Waals surface area contributed by atoms with Gasteiger partial charge in [0.05, 0.1) is 34.1 Å². The number of likely N-dealkylation sites (tertiary alicyclic amines) is 1. The summed E-state index contributed by atoms with van der Waals surface area (Å²) in [7, 11) is 0. The van der Waals surface area contributed by atoms with Crippen LogP contribution in [0.1, 0.15) is 48.9 Å². The lowest BCUT2D eigenvalue weighted by Gasteiger charge is -2.45. The van der Waals surface area contributed by atoms with Crippen LogP contribution in [0, 0.1) is 27.7 Å². The number of carbonyl (C=O) groups is 2. The smallest absolute Gasteiger partial charge is 0.337 e. The third-order valence-electron chi connectivity index (χ3n) is 8.15. The highest BCUT2D eigenvalue weighted by atomic mass is 19.1. The lowest BCUT2D eigenvalue weighted by atomic mass is 9.81. The van der Waals surface area contributed by atoms with Crippen molar-refractivity contribution in [1.29, 1.82) is 0 Å². The molecule has 2 atom stereocenters. The lowest BCUT2D eigenvalue weighted by Crippen LogP contribution is -2.49. The highest BCUT2D eigenvalue weighted by Crippen LogP contribution is 2.40. The van der Waals surface area contributed by atoms with Crippen LogP contribution in [0.3, 0.4) is 0 Å². The first-order valence-corrected chi connectivity index (χ1v) is 14.3. The van der Waals surface area contributed by atoms with E-state index in [1.54, 1.807) is 38.1 Å². The third kappa shape index (κ3) is 6.70. The maximum absolute atomic E-state index is 13.6. The molecular formula is C33H32F2N4O6. The molecule has 0 saturated carbocycles. The molecule has 3 aromatic rings. The summed E-state index contributed by atoms with van der Waals surface area (Å²) in [6.07, 6.45) is -0.0467. The van der Waals surface area contributed by atoms with Gasteiger partial charge in [0.1, 0.15) is 17.5 Å². The number of nitrogens with zero attached hydrogens (tertiary/aromatic N) is 2. The Bertz CT molecular complexity index is 1640. The van der Waals surface area contributed by atoms with Gasteiger partial charge in [0.25, 0.3) is 5.69 Å². The number of nitro benzene ring substituents is 1. The van der Waals surface area contributed by atoms with Crippen LogP contribution in [-0.4, -0.2) is 46.1 Å². The van der Waals surface area contributed by atoms with Crippen LogP contribution < -0.4 is 11.1 Å². The fourth-order valence-electron chi connectivity index (χ4n) is 6.15. The third-order valence-corrected chi connectivity index (χ3v) is 8.15. The second kappa shape index (κ2) is 12.9. The number of carboxylic acid groups (broad SMARTS) is 1. The van der Waals surface area contributed by atoms with Gasteiger partial charge in [0, 0.05) is 30.9 Å². The van der Waals surface area contributed by atoms with Crippen molar-refractivity contribution < 1.29 is 33.1 Å². The number of aliphatic carboxylic acids is 1. The number of ether oxygens (including phenoxy) is 1. The number of nitro groups is 1. The largest absolute Gasteiger partial charge is 0.478 e. The zero-order chi connectivity index (χ0) is 32.4. The fourth-order valence-corrected chi connectivity index (χ4v) is 6.15. The fraction of sp³-hybridized carbons (Fsp3) is 0.273. The molecule has 1 saturated heterocycles. The number of non-ortho nitro benzene ring substituents is 1. The summed E-state index contributed by atoms with van der Waals surface area (Å²) in [5.74, 6) is -4.08. The Morgan fingerprint density at radius 2 is 1.62 bits per heavy atom. The molecule has 5 rings (SSSR count). The average molecular weight is 619 g/mol. The second-order valence-electron chi connectivity index (χ2n) is 11.4. The minimum atomic E-state index is -1.38. The SMILES string of the molecule is CC1=C(C(=O)OC(C)CC2CN(C(c3ccc(F)cc3)c3ccc(F)cc3)C2)C(c2cccc([N+](=O)[O-])c2)C(C(=O)O)=C(N)N1. The number of rotatable bonds is 10. The molecule has 3 aromatic carbocycles. The first-order valence-electron chi connectivity index (χ1n) is 14.3. The Labute approximate surface area is 257 Å². The van der Waals surface area contributed by atoms with E-state index in [2.05, 4.69) is 10.2 Å². The van der Waals surface area contributed by atoms with E-state index in [0.29, 0.717) is 19.5 Å². The van der Waals surface area contributed by atoms with Crippen LogP contribution in [-0.2, 0) is 14.3 Å². The molecule has 4 N–H and O–H groups in total. The number of nitrogens with one attached hydrogen (secondary N) is 1. The van der Waals surface area contributed by atoms with Gasteiger partial charge >= 0.3 is 11.9 Å². The minimum absolute atomic E-state index is 0.00290. The van der Waals surface area contributed by atoms with Crippen molar-refractivity contribution >= 4 is 17.6 Å². The first kappa shape index (κ1) is 31.3. The second-order valence-corrected chi connectivity index (χ2v) is 11.4. The number of carboxylic acids is 1. The van der Waals surface area contributed by atoms with Crippen LogP contribution in [0.4, 0.5) is 14.5 Å². The number of nitrogens with two attached hydrogens (primary N) is 1. The standard InChI is InChI=1S/C33H32F2N4O6/c1-18(14-20-16-38(17-20)30(21-6-10-24(34)11-7-21)22-8-12-25(35)13-9-22)45-33(42)27-19(2)37-31(36)29(32(40)41)28(27)23-4-3-5-26(15-23)39(43)44/h3-13,15,18,20,28,30,37H,14,16-17,36H2,1-2H3,(H,40,41). The normalized spacial score (nSPS) is 17.9. The molecule has 1 fully saturated rings. The van der Waals surface area contributed by atoms with Crippen molar-refractivity contribution in [3.63, 3.8) is 0 Å². The molecule has 2 heterocycles. The number of esters is 1. The minimum Gasteiger partial charge on any atom is -0.478 e. The highest BCUT2D eigenvalue weighted by molar-refractivity contribution is 5.99. The van der Waals surface area contributed by atoms with Crippen molar-refractivity contribution in [2.24, 2.45) is 11.7 Å². The quantitative estimate of drug-likeness (QED) is 0.160. The van der Waals surface area contributed by atoms with Crippen LogP contribution in [0.15, 0.2) is 95.5 Å². The predicted molar refractivity (Wildman–Crippen MR) is 160 cm³/mol. The molecular weight excluding hydrogens is 586 g/mol. The Kier molecular flexibility index (Phi) is 8.96. The van der Waals surface area contributed by atoms with Crippen LogP contribution in [0.25, 0.3) is 0 Å². The van der Waals surface area contributed by atoms with Gasteiger partial charge in [-0.25, -0.2) is 18.4 Å². The van der Waals surface area contributed by atoms with Gasteiger partial charge in [-0.15, -0.1) is 0 Å². The average Bonchev–Trinajstić information content (AvgIpc) is 2.97. The van der Waals surface area contributed by atoms with E-state index in [1.165, 1.54) is 48.5 Å². The van der Waals surface area contributed by atoms with Crippen molar-refractivity contribution in [1.82, 2.24) is 10.2 Å². The lowest BCUT2D eigenvalue weighted by molar-refractivity contribution is -0.384. The predicted octanol–water partition coefficient (Wildman–Crippen LogP) is 5.13. The first-order chi connectivity index (χ1) is 21.4. The number of hydrogen-bond donors (Lipinski definition) is 3. The molecule has 0 amide bonds. The van der Waals surface area contributed by atoms with Crippen molar-refractivity contribution in [2.45, 2.75) is 38.3 Å². The zero-order valence-corrected chi connectivity index (χ0v) is 24.6. The molecule has 234 valence electrons. The van der Waals surface area contributed by atoms with E-state index >= 15 is 0 Å². The summed E-state index contributed by atoms with van der Waals surface area (Å²) in [4.78, 5) is 38.9. The highest BCUT2D eigenvalue weighted by Gasteiger charge is 2.40. The van der Waals surface area contributed by atoms with Gasteiger partial charge in [-0.05, 0) is 67.1 Å². The number of halogens is 2. The van der Waals surface area contributed by atoms with Crippen molar-refractivity contribution in [3.8, 4) is 0 Å². The van der Waals surface area contributed by atoms with Gasteiger partial charge in [-0.1, -0.05) is 36.4 Å². The number of carbonyl (C=O) groups excluding carboxylic acids is 1. The Morgan fingerprint density at radius 1 is 1.04 bits per heavy atom. The summed E-state index contributed by atoms with van der Waals surface area (Å²) < 4.78 is 33.1. The summed E-state index contributed by atoms with van der Waals surface area (Å²) in [6, 6.07) is 17.6. The maximum Gasteiger partial charge on any atom is 0.337 e. The summed E-state index contributed by atoms with van der Waals surface area (Å²) >= 11 is 0. The Hall–Kier alpha value is -5.10. The molecule has 0 radical (unpaired) electrons. The molecule has 12 heteroatoms. The van der Waals surface area contributed by atoms with Gasteiger partial charge in [-0.2, -0.15) is 0 Å². The van der Waals surface area contributed by atoms with E-state index in [4.69, 9.17) is 10.5 Å². The van der Waals surface area contributed by atoms with E-state index in [-0.39, 0.29) is 57.5 Å². The van der Waals surface area contributed by atoms with E-state index < -0.39 is 28.9 Å². The zero-order valence-electron chi connectivity index (χ0n) is 24.6. The number of allylic oxidation sites excluding steroid dienone is 1. The molecule has 2 aliphatic rings. The van der Waals surface area contributed by atoms with Crippen LogP contribution in [0.2, 0.25) is 0 Å². The van der Waals surface area contributed by atoms with E-state index in [9.17, 15) is 33.6 Å². The van der Waals surface area contributed by atoms with E-state index in [0.717, 1.165) is 11.1 Å². The Morgan fingerprint density at radius 3 is 2.16 bits per heavy atom. The van der Waals surface area contributed by atoms with E-state index in [1.807, 2.05) is 0 Å². The monoisotopic (exact) mass is 618 g/mol. The number of dihydropyridines is 1. The molecule has 0 aliphatic carbocycles. The molecule has 0 bridgehead atoms. The number of hydrogen-bond acceptors (Lipinski definition) is 8. The van der Waals surface area contributed by atoms with Crippen molar-refractivity contribution in [3.05, 3.63) is 134 Å². The van der Waals surface area contributed by atoms with Gasteiger partial charge in [0.2, 0.25) is 0 Å². The molecule has 45 heavy (non-hydrogen) atoms. The van der Waals surface area contributed by atoms with Gasteiger partial charge < -0.3 is 20.9 Å². The van der Waals surface area contributed by atoms with Crippen LogP contribution in [0.5, 0.6) is 0 Å². The molecule has 2 unspecified atom stereocenters. The van der Waals surface area contributed by atoms with Gasteiger partial charge in [-0.3, -0.25) is 15.0 Å². The summed E-state index contributed by atoms with van der Waals surface area (Å²) in [5, 5.41) is 24.2. The number of benzene rings is 3. The Balaban J connectivity index is 1.30. The van der Waals surface area contributed by atoms with Crippen molar-refractivity contribution in [2.75, 3.05) is 13.1 Å². The maximum atomic E-state index is 13.6. The molecule has 0 spiro atoms. The van der Waals surface area contributed by atoms with Crippen LogP contribution >= 0.6 is 0 Å². The molecule has 2 aliphatic heterocycles. The summed E-state index contributed by atoms with van der Waals surface area (Å²) in [5.41, 5.74) is 7.65. The summed E-state index contributed by atoms with van der Waals surface area (Å²) in [6.45, 7) is 4.59.